The number of para-hydroxylation sites is 1. The summed E-state index contributed by atoms with van der Waals surface area (Å²) in [6, 6.07) is 13.4. The summed E-state index contributed by atoms with van der Waals surface area (Å²) < 4.78 is 16.9. The van der Waals surface area contributed by atoms with E-state index in [2.05, 4.69) is 25.3 Å². The second-order valence-corrected chi connectivity index (χ2v) is 7.33. The molecule has 0 radical (unpaired) electrons. The van der Waals surface area contributed by atoms with E-state index >= 15 is 0 Å². The average Bonchev–Trinajstić information content (AvgIpc) is 3.24. The summed E-state index contributed by atoms with van der Waals surface area (Å²) >= 11 is 0. The van der Waals surface area contributed by atoms with Crippen LogP contribution in [0.3, 0.4) is 0 Å². The summed E-state index contributed by atoms with van der Waals surface area (Å²) in [6.45, 7) is 1.49. The number of hydrogen-bond acceptors (Lipinski definition) is 7. The van der Waals surface area contributed by atoms with Crippen LogP contribution in [0, 0.1) is 0 Å². The van der Waals surface area contributed by atoms with Gasteiger partial charge in [0, 0.05) is 37.2 Å². The lowest BCUT2D eigenvalue weighted by Gasteiger charge is -2.22. The maximum Gasteiger partial charge on any atom is 0.241 e. The fourth-order valence-corrected chi connectivity index (χ4v) is 3.75. The van der Waals surface area contributed by atoms with Crippen LogP contribution < -0.4 is 14.8 Å². The SMILES string of the molecule is COc1cccc2[nH]c(Nc3ccc(Oc4nccnc4C4CCOCC4)cc3)nc12. The Balaban J connectivity index is 1.31. The van der Waals surface area contributed by atoms with Crippen LogP contribution in [0.15, 0.2) is 54.9 Å². The molecule has 0 saturated carbocycles. The van der Waals surface area contributed by atoms with Crippen LogP contribution in [0.25, 0.3) is 11.0 Å². The maximum absolute atomic E-state index is 6.06. The molecule has 1 saturated heterocycles. The number of ether oxygens (including phenoxy) is 3. The standard InChI is InChI=1S/C23H23N5O3/c1-29-19-4-2-3-18-21(19)28-23(27-18)26-16-5-7-17(8-6-16)31-22-20(24-11-12-25-22)15-9-13-30-14-10-15/h2-8,11-12,15H,9-10,13-14H2,1H3,(H2,26,27,28). The molecule has 158 valence electrons. The van der Waals surface area contributed by atoms with Crippen molar-refractivity contribution in [3.8, 4) is 17.4 Å². The Morgan fingerprint density at radius 2 is 1.84 bits per heavy atom. The molecule has 1 aliphatic rings. The van der Waals surface area contributed by atoms with Crippen LogP contribution in [-0.4, -0.2) is 40.3 Å². The van der Waals surface area contributed by atoms with E-state index in [1.54, 1.807) is 19.5 Å². The van der Waals surface area contributed by atoms with E-state index in [1.807, 2.05) is 42.5 Å². The van der Waals surface area contributed by atoms with Gasteiger partial charge in [-0.15, -0.1) is 0 Å². The second-order valence-electron chi connectivity index (χ2n) is 7.33. The number of fused-ring (bicyclic) bond motifs is 1. The molecular formula is C23H23N5O3. The van der Waals surface area contributed by atoms with Gasteiger partial charge in [0.05, 0.1) is 12.6 Å². The van der Waals surface area contributed by atoms with Crippen LogP contribution in [0.1, 0.15) is 24.5 Å². The molecule has 3 heterocycles. The van der Waals surface area contributed by atoms with E-state index in [1.165, 1.54) is 0 Å². The Kier molecular flexibility index (Phi) is 5.37. The van der Waals surface area contributed by atoms with E-state index in [0.717, 1.165) is 54.2 Å². The van der Waals surface area contributed by atoms with Gasteiger partial charge in [0.15, 0.2) is 0 Å². The monoisotopic (exact) mass is 417 g/mol. The molecule has 2 N–H and O–H groups in total. The Morgan fingerprint density at radius 3 is 2.65 bits per heavy atom. The highest BCUT2D eigenvalue weighted by Crippen LogP contribution is 2.33. The van der Waals surface area contributed by atoms with Gasteiger partial charge in [0.25, 0.3) is 0 Å². The smallest absolute Gasteiger partial charge is 0.241 e. The van der Waals surface area contributed by atoms with Crippen LogP contribution in [0.4, 0.5) is 11.6 Å². The van der Waals surface area contributed by atoms with Gasteiger partial charge in [-0.25, -0.2) is 9.97 Å². The van der Waals surface area contributed by atoms with Gasteiger partial charge in [-0.3, -0.25) is 4.98 Å². The van der Waals surface area contributed by atoms with E-state index in [-0.39, 0.29) is 0 Å². The summed E-state index contributed by atoms with van der Waals surface area (Å²) in [5, 5.41) is 3.28. The highest BCUT2D eigenvalue weighted by Gasteiger charge is 2.22. The number of H-pyrrole nitrogens is 1. The molecule has 2 aromatic carbocycles. The number of nitrogens with zero attached hydrogens (tertiary/aromatic N) is 3. The normalized spacial score (nSPS) is 14.5. The van der Waals surface area contributed by atoms with Crippen molar-refractivity contribution >= 4 is 22.7 Å². The molecule has 0 bridgehead atoms. The fraction of sp³-hybridized carbons (Fsp3) is 0.261. The van der Waals surface area contributed by atoms with Crippen molar-refractivity contribution in [2.24, 2.45) is 0 Å². The molecule has 0 unspecified atom stereocenters. The van der Waals surface area contributed by atoms with Crippen LogP contribution in [0.2, 0.25) is 0 Å². The summed E-state index contributed by atoms with van der Waals surface area (Å²) in [5.41, 5.74) is 3.47. The number of anilines is 2. The molecule has 0 spiro atoms. The van der Waals surface area contributed by atoms with Crippen molar-refractivity contribution in [2.75, 3.05) is 25.6 Å². The lowest BCUT2D eigenvalue weighted by molar-refractivity contribution is 0.0839. The molecule has 1 fully saturated rings. The predicted molar refractivity (Wildman–Crippen MR) is 117 cm³/mol. The first kappa shape index (κ1) is 19.3. The number of hydrogen-bond donors (Lipinski definition) is 2. The first-order chi connectivity index (χ1) is 15.3. The molecule has 4 aromatic rings. The lowest BCUT2D eigenvalue weighted by Crippen LogP contribution is -2.16. The number of imidazole rings is 1. The van der Waals surface area contributed by atoms with Crippen LogP contribution >= 0.6 is 0 Å². The minimum Gasteiger partial charge on any atom is -0.494 e. The minimum absolute atomic E-state index is 0.309. The van der Waals surface area contributed by atoms with Crippen LogP contribution in [0.5, 0.6) is 17.4 Å². The molecule has 0 aliphatic carbocycles. The van der Waals surface area contributed by atoms with Crippen molar-refractivity contribution in [3.05, 3.63) is 60.6 Å². The largest absolute Gasteiger partial charge is 0.494 e. The summed E-state index contributed by atoms with van der Waals surface area (Å²) in [6.07, 6.45) is 5.23. The number of nitrogens with one attached hydrogen (secondary N) is 2. The van der Waals surface area contributed by atoms with Gasteiger partial charge in [0.1, 0.15) is 22.7 Å². The van der Waals surface area contributed by atoms with Gasteiger partial charge in [-0.1, -0.05) is 6.07 Å². The van der Waals surface area contributed by atoms with Crippen molar-refractivity contribution in [1.29, 1.82) is 0 Å². The van der Waals surface area contributed by atoms with Gasteiger partial charge in [-0.2, -0.15) is 0 Å². The number of rotatable bonds is 6. The third kappa shape index (κ3) is 4.15. The molecule has 2 aromatic heterocycles. The Bertz CT molecular complexity index is 1170. The highest BCUT2D eigenvalue weighted by molar-refractivity contribution is 5.84. The van der Waals surface area contributed by atoms with Crippen molar-refractivity contribution in [2.45, 2.75) is 18.8 Å². The quantitative estimate of drug-likeness (QED) is 0.466. The highest BCUT2D eigenvalue weighted by atomic mass is 16.5. The summed E-state index contributed by atoms with van der Waals surface area (Å²) in [5.74, 6) is 2.94. The van der Waals surface area contributed by atoms with Gasteiger partial charge in [-0.05, 0) is 49.2 Å². The second kappa shape index (κ2) is 8.61. The zero-order chi connectivity index (χ0) is 21.0. The Labute approximate surface area is 179 Å². The number of methoxy groups -OCH3 is 1. The van der Waals surface area contributed by atoms with Crippen LogP contribution in [-0.2, 0) is 4.74 Å². The van der Waals surface area contributed by atoms with E-state index in [0.29, 0.717) is 23.5 Å². The number of benzene rings is 2. The summed E-state index contributed by atoms with van der Waals surface area (Å²) in [4.78, 5) is 16.8. The van der Waals surface area contributed by atoms with Crippen molar-refractivity contribution < 1.29 is 14.2 Å². The molecule has 8 nitrogen and oxygen atoms in total. The fourth-order valence-electron chi connectivity index (χ4n) is 3.75. The average molecular weight is 417 g/mol. The maximum atomic E-state index is 6.06. The third-order valence-corrected chi connectivity index (χ3v) is 5.33. The van der Waals surface area contributed by atoms with Crippen molar-refractivity contribution in [3.63, 3.8) is 0 Å². The van der Waals surface area contributed by atoms with E-state index in [4.69, 9.17) is 14.2 Å². The molecular weight excluding hydrogens is 394 g/mol. The first-order valence-electron chi connectivity index (χ1n) is 10.3. The minimum atomic E-state index is 0.309. The number of aromatic amines is 1. The van der Waals surface area contributed by atoms with E-state index in [9.17, 15) is 0 Å². The summed E-state index contributed by atoms with van der Waals surface area (Å²) in [7, 11) is 1.64. The molecule has 0 atom stereocenters. The molecule has 5 rings (SSSR count). The zero-order valence-electron chi connectivity index (χ0n) is 17.2. The van der Waals surface area contributed by atoms with Gasteiger partial charge >= 0.3 is 0 Å². The first-order valence-corrected chi connectivity index (χ1v) is 10.3. The Morgan fingerprint density at radius 1 is 1.03 bits per heavy atom. The zero-order valence-corrected chi connectivity index (χ0v) is 17.2. The van der Waals surface area contributed by atoms with Gasteiger partial charge < -0.3 is 24.5 Å². The topological polar surface area (TPSA) is 94.2 Å². The number of aromatic nitrogens is 4. The van der Waals surface area contributed by atoms with E-state index < -0.39 is 0 Å². The predicted octanol–water partition coefficient (Wildman–Crippen LogP) is 4.79. The van der Waals surface area contributed by atoms with Gasteiger partial charge in [0.2, 0.25) is 11.8 Å². The molecule has 0 amide bonds. The Hall–Kier alpha value is -3.65. The molecule has 1 aliphatic heterocycles. The molecule has 31 heavy (non-hydrogen) atoms. The van der Waals surface area contributed by atoms with Crippen molar-refractivity contribution in [1.82, 2.24) is 19.9 Å². The lowest BCUT2D eigenvalue weighted by atomic mass is 9.96. The third-order valence-electron chi connectivity index (χ3n) is 5.33. The molecule has 8 heteroatoms.